The molecule has 130 valence electrons. The molecule has 11 heteroatoms. The minimum atomic E-state index is -4.21. The number of tetrazole rings is 1. The molecule has 7 nitrogen and oxygen atoms in total. The third kappa shape index (κ3) is 3.81. The van der Waals surface area contributed by atoms with Gasteiger partial charge in [0.15, 0.2) is 5.82 Å². The molecule has 3 rings (SSSR count). The molecule has 0 fully saturated rings. The Morgan fingerprint density at radius 2 is 1.84 bits per heavy atom. The Kier molecular flexibility index (Phi) is 4.75. The highest BCUT2D eigenvalue weighted by molar-refractivity contribution is 7.89. The first-order valence-electron chi connectivity index (χ1n) is 6.85. The average Bonchev–Trinajstić information content (AvgIpc) is 3.02. The van der Waals surface area contributed by atoms with Gasteiger partial charge < -0.3 is 0 Å². The minimum Gasteiger partial charge on any atom is -0.207 e. The molecule has 0 bridgehead atoms. The Morgan fingerprint density at radius 3 is 2.52 bits per heavy atom. The van der Waals surface area contributed by atoms with Crippen molar-refractivity contribution in [2.45, 2.75) is 11.4 Å². The van der Waals surface area contributed by atoms with Crippen molar-refractivity contribution in [2.24, 2.45) is 0 Å². The monoisotopic (exact) mass is 385 g/mol. The first-order valence-corrected chi connectivity index (χ1v) is 8.71. The summed E-state index contributed by atoms with van der Waals surface area (Å²) in [7, 11) is -4.21. The molecule has 0 spiro atoms. The fraction of sp³-hybridized carbons (Fsp3) is 0.0714. The predicted molar refractivity (Wildman–Crippen MR) is 84.5 cm³/mol. The van der Waals surface area contributed by atoms with Crippen LogP contribution in [-0.2, 0) is 16.6 Å². The quantitative estimate of drug-likeness (QED) is 0.726. The molecule has 0 aliphatic carbocycles. The summed E-state index contributed by atoms with van der Waals surface area (Å²) in [4.78, 5) is -0.667. The van der Waals surface area contributed by atoms with Gasteiger partial charge in [0.2, 0.25) is 10.0 Å². The zero-order valence-electron chi connectivity index (χ0n) is 12.4. The van der Waals surface area contributed by atoms with E-state index < -0.39 is 26.6 Å². The first-order chi connectivity index (χ1) is 11.9. The number of nitrogens with one attached hydrogen (secondary N) is 1. The van der Waals surface area contributed by atoms with E-state index >= 15 is 0 Å². The molecule has 0 saturated carbocycles. The van der Waals surface area contributed by atoms with Crippen LogP contribution in [0.4, 0.5) is 8.78 Å². The van der Waals surface area contributed by atoms with Gasteiger partial charge in [-0.15, -0.1) is 5.10 Å². The van der Waals surface area contributed by atoms with Gasteiger partial charge in [-0.05, 0) is 46.8 Å². The molecular weight excluding hydrogens is 376 g/mol. The Bertz CT molecular complexity index is 1010. The van der Waals surface area contributed by atoms with Crippen LogP contribution in [0.5, 0.6) is 0 Å². The molecule has 2 aromatic carbocycles. The molecule has 0 atom stereocenters. The minimum absolute atomic E-state index is 0.174. The highest BCUT2D eigenvalue weighted by Crippen LogP contribution is 2.16. The number of nitrogens with zero attached hydrogens (tertiary/aromatic N) is 4. The lowest BCUT2D eigenvalue weighted by Gasteiger charge is -2.08. The van der Waals surface area contributed by atoms with Crippen molar-refractivity contribution in [2.75, 3.05) is 0 Å². The Morgan fingerprint density at radius 1 is 1.12 bits per heavy atom. The second-order valence-electron chi connectivity index (χ2n) is 4.88. The van der Waals surface area contributed by atoms with Gasteiger partial charge in [-0.1, -0.05) is 11.6 Å². The van der Waals surface area contributed by atoms with Crippen molar-refractivity contribution >= 4 is 21.6 Å². The summed E-state index contributed by atoms with van der Waals surface area (Å²) < 4.78 is 54.4. The molecule has 0 aliphatic rings. The van der Waals surface area contributed by atoms with E-state index in [1.54, 1.807) is 24.3 Å². The molecule has 0 radical (unpaired) electrons. The average molecular weight is 386 g/mol. The lowest BCUT2D eigenvalue weighted by Crippen LogP contribution is -2.26. The van der Waals surface area contributed by atoms with Crippen LogP contribution in [0.25, 0.3) is 5.69 Å². The third-order valence-electron chi connectivity index (χ3n) is 3.21. The summed E-state index contributed by atoms with van der Waals surface area (Å²) in [6.45, 7) is -0.297. The van der Waals surface area contributed by atoms with E-state index in [9.17, 15) is 17.2 Å². The summed E-state index contributed by atoms with van der Waals surface area (Å²) in [6, 6.07) is 8.74. The molecule has 0 aliphatic heterocycles. The summed E-state index contributed by atoms with van der Waals surface area (Å²) in [6.07, 6.45) is 0. The highest BCUT2D eigenvalue weighted by Gasteiger charge is 2.20. The highest BCUT2D eigenvalue weighted by atomic mass is 35.5. The van der Waals surface area contributed by atoms with Crippen molar-refractivity contribution in [3.63, 3.8) is 0 Å². The van der Waals surface area contributed by atoms with Gasteiger partial charge in [0, 0.05) is 11.1 Å². The number of sulfonamides is 1. The fourth-order valence-electron chi connectivity index (χ4n) is 2.03. The lowest BCUT2D eigenvalue weighted by molar-refractivity contribution is 0.541. The number of benzene rings is 2. The van der Waals surface area contributed by atoms with Gasteiger partial charge in [-0.25, -0.2) is 21.9 Å². The van der Waals surface area contributed by atoms with Crippen LogP contribution in [0.3, 0.4) is 0 Å². The van der Waals surface area contributed by atoms with Gasteiger partial charge in [-0.3, -0.25) is 0 Å². The fourth-order valence-corrected chi connectivity index (χ4v) is 3.19. The normalized spacial score (nSPS) is 11.6. The predicted octanol–water partition coefficient (Wildman–Crippen LogP) is 2.07. The van der Waals surface area contributed by atoms with Gasteiger partial charge >= 0.3 is 0 Å². The van der Waals surface area contributed by atoms with Crippen LogP contribution >= 0.6 is 11.6 Å². The van der Waals surface area contributed by atoms with E-state index in [0.717, 1.165) is 12.1 Å². The number of rotatable bonds is 5. The molecule has 25 heavy (non-hydrogen) atoms. The number of hydrogen-bond acceptors (Lipinski definition) is 5. The summed E-state index contributed by atoms with van der Waals surface area (Å²) >= 11 is 5.81. The summed E-state index contributed by atoms with van der Waals surface area (Å²) in [5.74, 6) is -1.89. The van der Waals surface area contributed by atoms with Crippen LogP contribution in [0.1, 0.15) is 5.82 Å². The molecule has 0 saturated heterocycles. The first kappa shape index (κ1) is 17.4. The smallest absolute Gasteiger partial charge is 0.207 e. The zero-order chi connectivity index (χ0) is 18.0. The number of aromatic nitrogens is 4. The SMILES string of the molecule is O=S(=O)(NCc1nnnn1-c1ccc(Cl)cc1)c1ccc(F)cc1F. The van der Waals surface area contributed by atoms with Crippen molar-refractivity contribution in [3.05, 3.63) is 64.9 Å². The Hall–Kier alpha value is -2.43. The van der Waals surface area contributed by atoms with Crippen LogP contribution < -0.4 is 4.72 Å². The molecule has 0 amide bonds. The van der Waals surface area contributed by atoms with Crippen molar-refractivity contribution in [1.29, 1.82) is 0 Å². The molecule has 0 unspecified atom stereocenters. The maximum absolute atomic E-state index is 13.7. The Labute approximate surface area is 146 Å². The zero-order valence-corrected chi connectivity index (χ0v) is 14.0. The van der Waals surface area contributed by atoms with Crippen LogP contribution in [-0.4, -0.2) is 28.6 Å². The molecule has 1 heterocycles. The van der Waals surface area contributed by atoms with E-state index in [0.29, 0.717) is 16.8 Å². The van der Waals surface area contributed by atoms with E-state index in [1.807, 2.05) is 0 Å². The maximum atomic E-state index is 13.7. The van der Waals surface area contributed by atoms with E-state index in [-0.39, 0.29) is 12.4 Å². The second kappa shape index (κ2) is 6.82. The number of hydrogen-bond donors (Lipinski definition) is 1. The van der Waals surface area contributed by atoms with Gasteiger partial charge in [0.05, 0.1) is 12.2 Å². The topological polar surface area (TPSA) is 89.8 Å². The van der Waals surface area contributed by atoms with Gasteiger partial charge in [0.1, 0.15) is 16.5 Å². The molecule has 1 aromatic heterocycles. The van der Waals surface area contributed by atoms with Crippen LogP contribution in [0, 0.1) is 11.6 Å². The largest absolute Gasteiger partial charge is 0.243 e. The van der Waals surface area contributed by atoms with Gasteiger partial charge in [0.25, 0.3) is 0 Å². The van der Waals surface area contributed by atoms with E-state index in [2.05, 4.69) is 20.2 Å². The lowest BCUT2D eigenvalue weighted by atomic mass is 10.3. The Balaban J connectivity index is 1.82. The van der Waals surface area contributed by atoms with E-state index in [1.165, 1.54) is 4.68 Å². The number of halogens is 3. The molecule has 3 aromatic rings. The van der Waals surface area contributed by atoms with Crippen LogP contribution in [0.2, 0.25) is 5.02 Å². The van der Waals surface area contributed by atoms with Crippen molar-refractivity contribution in [3.8, 4) is 5.69 Å². The third-order valence-corrected chi connectivity index (χ3v) is 4.90. The second-order valence-corrected chi connectivity index (χ2v) is 7.05. The summed E-state index contributed by atoms with van der Waals surface area (Å²) in [5, 5.41) is 11.5. The van der Waals surface area contributed by atoms with E-state index in [4.69, 9.17) is 11.6 Å². The maximum Gasteiger partial charge on any atom is 0.243 e. The molecule has 1 N–H and O–H groups in total. The van der Waals surface area contributed by atoms with Crippen molar-refractivity contribution in [1.82, 2.24) is 24.9 Å². The molecular formula is C14H10ClF2N5O2S. The van der Waals surface area contributed by atoms with Gasteiger partial charge in [-0.2, -0.15) is 4.68 Å². The standard InChI is InChI=1S/C14H10ClF2N5O2S/c15-9-1-4-11(5-2-9)22-14(19-20-21-22)8-18-25(23,24)13-6-3-10(16)7-12(13)17/h1-7,18H,8H2. The van der Waals surface area contributed by atoms with Crippen LogP contribution in [0.15, 0.2) is 47.4 Å². The summed E-state index contributed by atoms with van der Waals surface area (Å²) in [5.41, 5.74) is 0.566. The van der Waals surface area contributed by atoms with Crippen molar-refractivity contribution < 1.29 is 17.2 Å².